The fraction of sp³-hybridized carbons (Fsp3) is 0.444. The van der Waals surface area contributed by atoms with Gasteiger partial charge in [-0.2, -0.15) is 18.3 Å². The minimum atomic E-state index is -4.36. The maximum atomic E-state index is 12.9. The largest absolute Gasteiger partial charge is 0.408 e. The molecule has 3 rings (SSSR count). The first-order valence-electron chi connectivity index (χ1n) is 8.32. The van der Waals surface area contributed by atoms with Crippen molar-refractivity contribution in [1.82, 2.24) is 14.7 Å². The lowest BCUT2D eigenvalue weighted by Gasteiger charge is -2.36. The topological polar surface area (TPSA) is 47.4 Å². The SMILES string of the molecule is Cc1nn(CC(F)(F)F)c(C)c1[C@H]1COCCN1C(=O)c1ccccc1. The molecule has 0 unspecified atom stereocenters. The number of nitrogens with zero attached hydrogens (tertiary/aromatic N) is 3. The number of carbonyl (C=O) groups is 1. The Morgan fingerprint density at radius 3 is 2.62 bits per heavy atom. The van der Waals surface area contributed by atoms with Crippen molar-refractivity contribution in [1.29, 1.82) is 0 Å². The summed E-state index contributed by atoms with van der Waals surface area (Å²) in [6.45, 7) is 3.11. The first-order chi connectivity index (χ1) is 12.3. The third-order valence-electron chi connectivity index (χ3n) is 4.51. The Labute approximate surface area is 149 Å². The van der Waals surface area contributed by atoms with Crippen LogP contribution in [-0.2, 0) is 11.3 Å². The third-order valence-corrected chi connectivity index (χ3v) is 4.51. The number of benzene rings is 1. The second-order valence-electron chi connectivity index (χ2n) is 6.31. The maximum absolute atomic E-state index is 12.9. The van der Waals surface area contributed by atoms with Crippen LogP contribution in [0.1, 0.15) is 33.4 Å². The lowest BCUT2D eigenvalue weighted by molar-refractivity contribution is -0.143. The summed E-state index contributed by atoms with van der Waals surface area (Å²) in [4.78, 5) is 14.6. The summed E-state index contributed by atoms with van der Waals surface area (Å²) in [5.41, 5.74) is 2.05. The molecular weight excluding hydrogens is 347 g/mol. The molecule has 140 valence electrons. The molecule has 1 aromatic carbocycles. The Kier molecular flexibility index (Phi) is 5.04. The number of hydrogen-bond acceptors (Lipinski definition) is 3. The van der Waals surface area contributed by atoms with E-state index in [0.29, 0.717) is 35.7 Å². The first kappa shape index (κ1) is 18.4. The van der Waals surface area contributed by atoms with Crippen LogP contribution in [0.2, 0.25) is 0 Å². The molecule has 1 aromatic heterocycles. The summed E-state index contributed by atoms with van der Waals surface area (Å²) < 4.78 is 44.8. The van der Waals surface area contributed by atoms with E-state index in [4.69, 9.17) is 4.74 Å². The van der Waals surface area contributed by atoms with E-state index < -0.39 is 18.8 Å². The van der Waals surface area contributed by atoms with E-state index >= 15 is 0 Å². The van der Waals surface area contributed by atoms with Gasteiger partial charge in [0.25, 0.3) is 5.91 Å². The van der Waals surface area contributed by atoms with Crippen LogP contribution in [0.3, 0.4) is 0 Å². The van der Waals surface area contributed by atoms with Gasteiger partial charge in [0, 0.05) is 23.4 Å². The average Bonchev–Trinajstić information content (AvgIpc) is 2.87. The zero-order chi connectivity index (χ0) is 18.9. The van der Waals surface area contributed by atoms with Crippen LogP contribution in [0.5, 0.6) is 0 Å². The van der Waals surface area contributed by atoms with E-state index in [9.17, 15) is 18.0 Å². The highest BCUT2D eigenvalue weighted by Gasteiger charge is 2.35. The summed E-state index contributed by atoms with van der Waals surface area (Å²) in [6, 6.07) is 8.37. The summed E-state index contributed by atoms with van der Waals surface area (Å²) in [5, 5.41) is 4.04. The zero-order valence-corrected chi connectivity index (χ0v) is 14.6. The zero-order valence-electron chi connectivity index (χ0n) is 14.6. The lowest BCUT2D eigenvalue weighted by atomic mass is 10.0. The molecule has 1 fully saturated rings. The van der Waals surface area contributed by atoms with Crippen molar-refractivity contribution >= 4 is 5.91 Å². The molecule has 0 N–H and O–H groups in total. The van der Waals surface area contributed by atoms with E-state index in [1.54, 1.807) is 43.0 Å². The molecule has 1 atom stereocenters. The smallest absolute Gasteiger partial charge is 0.377 e. The van der Waals surface area contributed by atoms with Gasteiger partial charge >= 0.3 is 6.18 Å². The molecule has 0 aliphatic carbocycles. The van der Waals surface area contributed by atoms with E-state index in [2.05, 4.69) is 5.10 Å². The summed E-state index contributed by atoms with van der Waals surface area (Å²) in [6.07, 6.45) is -4.36. The van der Waals surface area contributed by atoms with Crippen molar-refractivity contribution in [3.05, 3.63) is 52.8 Å². The van der Waals surface area contributed by atoms with Crippen LogP contribution in [0.4, 0.5) is 13.2 Å². The molecule has 0 bridgehead atoms. The van der Waals surface area contributed by atoms with Gasteiger partial charge in [-0.15, -0.1) is 0 Å². The van der Waals surface area contributed by atoms with Gasteiger partial charge < -0.3 is 9.64 Å². The highest BCUT2D eigenvalue weighted by Crippen LogP contribution is 2.31. The number of amides is 1. The third kappa shape index (κ3) is 3.75. The predicted molar refractivity (Wildman–Crippen MR) is 88.8 cm³/mol. The summed E-state index contributed by atoms with van der Waals surface area (Å²) in [5.74, 6) is -0.165. The molecule has 2 aromatic rings. The Hall–Kier alpha value is -2.35. The monoisotopic (exact) mass is 367 g/mol. The van der Waals surface area contributed by atoms with Gasteiger partial charge in [-0.05, 0) is 26.0 Å². The van der Waals surface area contributed by atoms with Crippen molar-refractivity contribution in [2.24, 2.45) is 0 Å². The van der Waals surface area contributed by atoms with E-state index in [-0.39, 0.29) is 12.5 Å². The van der Waals surface area contributed by atoms with Gasteiger partial charge in [-0.3, -0.25) is 9.48 Å². The number of ether oxygens (including phenoxy) is 1. The number of morpholine rings is 1. The summed E-state index contributed by atoms with van der Waals surface area (Å²) in [7, 11) is 0. The highest BCUT2D eigenvalue weighted by atomic mass is 19.4. The number of hydrogen-bond donors (Lipinski definition) is 0. The van der Waals surface area contributed by atoms with Gasteiger partial charge in [0.15, 0.2) is 0 Å². The van der Waals surface area contributed by atoms with Gasteiger partial charge in [0.2, 0.25) is 0 Å². The number of aromatic nitrogens is 2. The van der Waals surface area contributed by atoms with E-state index in [1.807, 2.05) is 6.07 Å². The molecule has 0 spiro atoms. The van der Waals surface area contributed by atoms with Crippen LogP contribution >= 0.6 is 0 Å². The number of carbonyl (C=O) groups excluding carboxylic acids is 1. The molecule has 2 heterocycles. The molecular formula is C18H20F3N3O2. The molecule has 8 heteroatoms. The molecule has 0 saturated carbocycles. The van der Waals surface area contributed by atoms with Gasteiger partial charge in [0.1, 0.15) is 6.54 Å². The Bertz CT molecular complexity index is 787. The lowest BCUT2D eigenvalue weighted by Crippen LogP contribution is -2.43. The number of rotatable bonds is 3. The van der Waals surface area contributed by atoms with Crippen LogP contribution in [0, 0.1) is 13.8 Å². The first-order valence-corrected chi connectivity index (χ1v) is 8.32. The fourth-order valence-corrected chi connectivity index (χ4v) is 3.35. The van der Waals surface area contributed by atoms with Crippen molar-refractivity contribution in [2.45, 2.75) is 32.6 Å². The average molecular weight is 367 g/mol. The molecule has 26 heavy (non-hydrogen) atoms. The van der Waals surface area contributed by atoms with Gasteiger partial charge in [-0.1, -0.05) is 18.2 Å². The van der Waals surface area contributed by atoms with E-state index in [0.717, 1.165) is 4.68 Å². The standard InChI is InChI=1S/C18H20F3N3O2/c1-12-16(13(2)24(22-12)11-18(19,20)21)15-10-26-9-8-23(15)17(25)14-6-4-3-5-7-14/h3-7,15H,8-11H2,1-2H3/t15-/m1/s1. The maximum Gasteiger partial charge on any atom is 0.408 e. The second-order valence-corrected chi connectivity index (χ2v) is 6.31. The van der Waals surface area contributed by atoms with Crippen LogP contribution in [0.25, 0.3) is 0 Å². The van der Waals surface area contributed by atoms with Crippen molar-refractivity contribution in [3.8, 4) is 0 Å². The normalized spacial score (nSPS) is 18.2. The Morgan fingerprint density at radius 2 is 1.96 bits per heavy atom. The van der Waals surface area contributed by atoms with Crippen LogP contribution in [-0.4, -0.2) is 46.5 Å². The predicted octanol–water partition coefficient (Wildman–Crippen LogP) is 3.28. The number of alkyl halides is 3. The molecule has 0 radical (unpaired) electrons. The molecule has 1 amide bonds. The molecule has 5 nitrogen and oxygen atoms in total. The highest BCUT2D eigenvalue weighted by molar-refractivity contribution is 5.94. The van der Waals surface area contributed by atoms with Gasteiger partial charge in [0.05, 0.1) is 24.9 Å². The molecule has 1 aliphatic heterocycles. The minimum absolute atomic E-state index is 0.165. The van der Waals surface area contributed by atoms with E-state index in [1.165, 1.54) is 0 Å². The Balaban J connectivity index is 1.95. The molecule has 1 saturated heterocycles. The number of halogens is 3. The second kappa shape index (κ2) is 7.11. The number of aryl methyl sites for hydroxylation is 1. The van der Waals surface area contributed by atoms with Crippen LogP contribution < -0.4 is 0 Å². The van der Waals surface area contributed by atoms with Crippen LogP contribution in [0.15, 0.2) is 30.3 Å². The van der Waals surface area contributed by atoms with Crippen molar-refractivity contribution in [2.75, 3.05) is 19.8 Å². The van der Waals surface area contributed by atoms with Gasteiger partial charge in [-0.25, -0.2) is 0 Å². The fourth-order valence-electron chi connectivity index (χ4n) is 3.35. The Morgan fingerprint density at radius 1 is 1.27 bits per heavy atom. The van der Waals surface area contributed by atoms with Crippen molar-refractivity contribution < 1.29 is 22.7 Å². The quantitative estimate of drug-likeness (QED) is 0.837. The molecule has 1 aliphatic rings. The summed E-state index contributed by atoms with van der Waals surface area (Å²) >= 11 is 0. The van der Waals surface area contributed by atoms with Crippen molar-refractivity contribution in [3.63, 3.8) is 0 Å². The minimum Gasteiger partial charge on any atom is -0.377 e.